The summed E-state index contributed by atoms with van der Waals surface area (Å²) >= 11 is 0. The number of hydrogen-bond donors (Lipinski definition) is 2. The summed E-state index contributed by atoms with van der Waals surface area (Å²) in [6, 6.07) is 17.2. The Labute approximate surface area is 258 Å². The lowest BCUT2D eigenvalue weighted by Gasteiger charge is -2.23. The molecule has 2 aliphatic heterocycles. The van der Waals surface area contributed by atoms with Gasteiger partial charge in [0.25, 0.3) is 0 Å². The number of nitrogens with one attached hydrogen (secondary N) is 2. The number of benzene rings is 2. The van der Waals surface area contributed by atoms with Crippen molar-refractivity contribution in [1.29, 1.82) is 0 Å². The molecule has 2 aromatic heterocycles. The molecule has 8 rings (SSSR count). The zero-order chi connectivity index (χ0) is 29.6. The molecule has 0 unspecified atom stereocenters. The van der Waals surface area contributed by atoms with E-state index >= 15 is 0 Å². The average molecular weight is 589 g/mol. The van der Waals surface area contributed by atoms with E-state index in [-0.39, 0.29) is 23.9 Å². The summed E-state index contributed by atoms with van der Waals surface area (Å²) in [6.45, 7) is 1.67. The van der Waals surface area contributed by atoms with E-state index in [1.807, 2.05) is 22.2 Å². The van der Waals surface area contributed by atoms with Gasteiger partial charge >= 0.3 is 0 Å². The van der Waals surface area contributed by atoms with Crippen LogP contribution in [0, 0.1) is 11.8 Å². The van der Waals surface area contributed by atoms with E-state index in [0.717, 1.165) is 84.1 Å². The first kappa shape index (κ1) is 27.4. The molecule has 2 aliphatic carbocycles. The maximum Gasteiger partial charge on any atom is 0.223 e. The smallest absolute Gasteiger partial charge is 0.223 e. The summed E-state index contributed by atoms with van der Waals surface area (Å²) in [5.74, 6) is 3.57. The van der Waals surface area contributed by atoms with E-state index < -0.39 is 0 Å². The van der Waals surface area contributed by atoms with E-state index in [9.17, 15) is 9.59 Å². The number of carbonyl (C=O) groups is 2. The van der Waals surface area contributed by atoms with Crippen molar-refractivity contribution in [2.24, 2.45) is 11.8 Å². The van der Waals surface area contributed by atoms with E-state index in [2.05, 4.69) is 58.5 Å². The molecule has 8 nitrogen and oxygen atoms in total. The van der Waals surface area contributed by atoms with Crippen LogP contribution in [0.2, 0.25) is 0 Å². The molecule has 2 saturated heterocycles. The predicted octanol–water partition coefficient (Wildman–Crippen LogP) is 7.06. The number of imidazole rings is 2. The minimum absolute atomic E-state index is 0.0608. The molecule has 44 heavy (non-hydrogen) atoms. The number of hydrogen-bond acceptors (Lipinski definition) is 4. The maximum absolute atomic E-state index is 12.8. The van der Waals surface area contributed by atoms with Crippen molar-refractivity contribution < 1.29 is 9.59 Å². The molecule has 0 radical (unpaired) electrons. The number of H-pyrrole nitrogens is 2. The molecule has 2 saturated carbocycles. The Hall–Kier alpha value is -4.20. The van der Waals surface area contributed by atoms with Crippen molar-refractivity contribution in [3.05, 3.63) is 72.6 Å². The molecule has 0 bridgehead atoms. The van der Waals surface area contributed by atoms with Crippen LogP contribution >= 0.6 is 0 Å². The molecule has 2 atom stereocenters. The SMILES string of the molecule is O=C(CC1CC1)N1CCC[C@H]1c1ncc(-c2ccc(-c3ccc(-c4cnc([C@@H]5CCCN5C(=O)CC5CC5)[nH]4)cc3)cc2)[nH]1. The molecule has 4 heterocycles. The topological polar surface area (TPSA) is 98.0 Å². The second kappa shape index (κ2) is 11.4. The van der Waals surface area contributed by atoms with Crippen LogP contribution in [-0.2, 0) is 9.59 Å². The van der Waals surface area contributed by atoms with Gasteiger partial charge in [0.2, 0.25) is 11.8 Å². The third-order valence-corrected chi connectivity index (χ3v) is 10.0. The lowest BCUT2D eigenvalue weighted by atomic mass is 10.0. The molecule has 0 spiro atoms. The first-order chi connectivity index (χ1) is 21.6. The molecule has 226 valence electrons. The second-order valence-corrected chi connectivity index (χ2v) is 13.3. The highest BCUT2D eigenvalue weighted by Crippen LogP contribution is 2.39. The van der Waals surface area contributed by atoms with Gasteiger partial charge in [0.15, 0.2) is 0 Å². The second-order valence-electron chi connectivity index (χ2n) is 13.3. The lowest BCUT2D eigenvalue weighted by molar-refractivity contribution is -0.133. The van der Waals surface area contributed by atoms with Crippen LogP contribution in [0.1, 0.15) is 87.9 Å². The van der Waals surface area contributed by atoms with Crippen molar-refractivity contribution in [2.75, 3.05) is 13.1 Å². The van der Waals surface area contributed by atoms with E-state index in [4.69, 9.17) is 9.97 Å². The van der Waals surface area contributed by atoms with Crippen LogP contribution in [0.15, 0.2) is 60.9 Å². The molecular formula is C36H40N6O2. The van der Waals surface area contributed by atoms with Gasteiger partial charge in [-0.3, -0.25) is 9.59 Å². The Bertz CT molecular complexity index is 1520. The van der Waals surface area contributed by atoms with Crippen molar-refractivity contribution in [3.8, 4) is 33.6 Å². The number of rotatable bonds is 9. The fourth-order valence-electron chi connectivity index (χ4n) is 7.06. The lowest BCUT2D eigenvalue weighted by Crippen LogP contribution is -2.31. The average Bonchev–Trinajstić information content (AvgIpc) is 3.71. The summed E-state index contributed by atoms with van der Waals surface area (Å²) in [4.78, 5) is 46.1. The Morgan fingerprint density at radius 2 is 0.977 bits per heavy atom. The highest BCUT2D eigenvalue weighted by molar-refractivity contribution is 5.78. The Morgan fingerprint density at radius 3 is 1.36 bits per heavy atom. The first-order valence-electron chi connectivity index (χ1n) is 16.5. The largest absolute Gasteiger partial charge is 0.340 e. The number of aromatic nitrogens is 4. The van der Waals surface area contributed by atoms with Crippen molar-refractivity contribution in [2.45, 2.75) is 76.3 Å². The molecule has 4 fully saturated rings. The molecule has 8 heteroatoms. The molecule has 4 aliphatic rings. The van der Waals surface area contributed by atoms with Crippen LogP contribution in [0.25, 0.3) is 33.6 Å². The number of amides is 2. The van der Waals surface area contributed by atoms with Gasteiger partial charge in [0.1, 0.15) is 11.6 Å². The van der Waals surface area contributed by atoms with Gasteiger partial charge in [0, 0.05) is 25.9 Å². The first-order valence-corrected chi connectivity index (χ1v) is 16.5. The van der Waals surface area contributed by atoms with Crippen LogP contribution in [0.4, 0.5) is 0 Å². The fourth-order valence-corrected chi connectivity index (χ4v) is 7.06. The van der Waals surface area contributed by atoms with Crippen LogP contribution in [0.5, 0.6) is 0 Å². The van der Waals surface area contributed by atoms with E-state index in [1.54, 1.807) is 0 Å². The van der Waals surface area contributed by atoms with Gasteiger partial charge in [-0.05, 0) is 85.5 Å². The van der Waals surface area contributed by atoms with Gasteiger partial charge in [-0.1, -0.05) is 48.5 Å². The minimum atomic E-state index is 0.0608. The summed E-state index contributed by atoms with van der Waals surface area (Å²) in [6.07, 6.45) is 14.0. The normalized spacial score (nSPS) is 21.7. The summed E-state index contributed by atoms with van der Waals surface area (Å²) in [5, 5.41) is 0. The summed E-state index contributed by atoms with van der Waals surface area (Å²) < 4.78 is 0. The summed E-state index contributed by atoms with van der Waals surface area (Å²) in [5.41, 5.74) is 6.42. The third-order valence-electron chi connectivity index (χ3n) is 10.0. The standard InChI is InChI=1S/C36H40N6O2/c43-33(19-23-5-6-23)41-17-1-3-31(41)35-37-21-29(39-35)27-13-9-25(10-14-27)26-11-15-28(16-12-26)30-22-38-36(40-30)32-4-2-18-42(32)34(44)20-24-7-8-24/h9-16,21-24,31-32H,1-8,17-20H2,(H,37,39)(H,38,40)/t31-,32-/m0/s1. The Morgan fingerprint density at radius 1 is 0.591 bits per heavy atom. The highest BCUT2D eigenvalue weighted by atomic mass is 16.2. The van der Waals surface area contributed by atoms with Crippen LogP contribution in [0.3, 0.4) is 0 Å². The Kier molecular flexibility index (Phi) is 7.07. The van der Waals surface area contributed by atoms with Crippen molar-refractivity contribution in [3.63, 3.8) is 0 Å². The quantitative estimate of drug-likeness (QED) is 0.219. The fraction of sp³-hybridized carbons (Fsp3) is 0.444. The zero-order valence-corrected chi connectivity index (χ0v) is 25.2. The van der Waals surface area contributed by atoms with Gasteiger partial charge < -0.3 is 19.8 Å². The number of nitrogens with zero attached hydrogens (tertiary/aromatic N) is 4. The van der Waals surface area contributed by atoms with Crippen molar-refractivity contribution in [1.82, 2.24) is 29.7 Å². The van der Waals surface area contributed by atoms with E-state index in [0.29, 0.717) is 24.7 Å². The van der Waals surface area contributed by atoms with E-state index in [1.165, 1.54) is 25.7 Å². The zero-order valence-electron chi connectivity index (χ0n) is 25.2. The maximum atomic E-state index is 12.8. The monoisotopic (exact) mass is 588 g/mol. The number of carbonyl (C=O) groups excluding carboxylic acids is 2. The molecule has 2 aromatic carbocycles. The molecular weight excluding hydrogens is 548 g/mol. The number of aromatic amines is 2. The van der Waals surface area contributed by atoms with Crippen LogP contribution < -0.4 is 0 Å². The predicted molar refractivity (Wildman–Crippen MR) is 169 cm³/mol. The van der Waals surface area contributed by atoms with Crippen LogP contribution in [-0.4, -0.2) is 54.6 Å². The van der Waals surface area contributed by atoms with Gasteiger partial charge in [-0.15, -0.1) is 0 Å². The molecule has 4 aromatic rings. The highest BCUT2D eigenvalue weighted by Gasteiger charge is 2.36. The van der Waals surface area contributed by atoms with Crippen molar-refractivity contribution >= 4 is 11.8 Å². The summed E-state index contributed by atoms with van der Waals surface area (Å²) in [7, 11) is 0. The minimum Gasteiger partial charge on any atom is -0.340 e. The Balaban J connectivity index is 0.925. The third kappa shape index (κ3) is 5.58. The van der Waals surface area contributed by atoms with Gasteiger partial charge in [0.05, 0.1) is 35.9 Å². The van der Waals surface area contributed by atoms with Gasteiger partial charge in [-0.25, -0.2) is 9.97 Å². The van der Waals surface area contributed by atoms with Gasteiger partial charge in [-0.2, -0.15) is 0 Å². The molecule has 2 amide bonds. The number of likely N-dealkylation sites (tertiary alicyclic amines) is 2. The molecule has 2 N–H and O–H groups in total.